The smallest absolute Gasteiger partial charge is 0.191 e. The molecule has 7 heteroatoms. The van der Waals surface area contributed by atoms with Crippen LogP contribution in [0.4, 0.5) is 0 Å². The van der Waals surface area contributed by atoms with Crippen LogP contribution in [-0.2, 0) is 18.3 Å². The van der Waals surface area contributed by atoms with Crippen LogP contribution < -0.4 is 10.6 Å². The summed E-state index contributed by atoms with van der Waals surface area (Å²) in [7, 11) is 1.95. The maximum atomic E-state index is 5.98. The number of halogens is 1. The predicted molar refractivity (Wildman–Crippen MR) is 118 cm³/mol. The lowest BCUT2D eigenvalue weighted by molar-refractivity contribution is 0.0264. The number of rotatable bonds is 10. The molecule has 1 heterocycles. The third kappa shape index (κ3) is 9.21. The van der Waals surface area contributed by atoms with Gasteiger partial charge in [0.25, 0.3) is 0 Å². The van der Waals surface area contributed by atoms with E-state index in [2.05, 4.69) is 27.6 Å². The van der Waals surface area contributed by atoms with Gasteiger partial charge in [0.05, 0.1) is 18.3 Å². The average molecular weight is 477 g/mol. The van der Waals surface area contributed by atoms with Gasteiger partial charge in [-0.05, 0) is 45.1 Å². The number of hydrogen-bond donors (Lipinski definition) is 2. The number of aromatic nitrogens is 2. The van der Waals surface area contributed by atoms with E-state index < -0.39 is 0 Å². The van der Waals surface area contributed by atoms with E-state index >= 15 is 0 Å². The zero-order chi connectivity index (χ0) is 17.7. The summed E-state index contributed by atoms with van der Waals surface area (Å²) < 4.78 is 7.84. The lowest BCUT2D eigenvalue weighted by atomic mass is 9.98. The van der Waals surface area contributed by atoms with Crippen molar-refractivity contribution in [3.8, 4) is 0 Å². The quantitative estimate of drug-likeness (QED) is 0.234. The minimum absolute atomic E-state index is 0. The molecule has 0 radical (unpaired) electrons. The number of nitrogens with one attached hydrogen (secondary N) is 2. The molecule has 0 aliphatic heterocycles. The van der Waals surface area contributed by atoms with Gasteiger partial charge in [-0.25, -0.2) is 4.99 Å². The average Bonchev–Trinajstić information content (AvgIpc) is 3.04. The molecule has 1 aliphatic rings. The zero-order valence-electron chi connectivity index (χ0n) is 16.4. The maximum Gasteiger partial charge on any atom is 0.191 e. The Morgan fingerprint density at radius 1 is 1.23 bits per heavy atom. The minimum atomic E-state index is 0. The summed E-state index contributed by atoms with van der Waals surface area (Å²) in [6.07, 6.45) is 12.4. The Morgan fingerprint density at radius 2 is 2.04 bits per heavy atom. The van der Waals surface area contributed by atoms with Crippen LogP contribution in [0.25, 0.3) is 0 Å². The van der Waals surface area contributed by atoms with Gasteiger partial charge in [0.15, 0.2) is 5.96 Å². The number of unbranched alkanes of at least 4 members (excludes halogenated alkanes) is 2. The van der Waals surface area contributed by atoms with Crippen molar-refractivity contribution in [2.24, 2.45) is 12.0 Å². The second-order valence-electron chi connectivity index (χ2n) is 6.76. The highest BCUT2D eigenvalue weighted by Crippen LogP contribution is 2.20. The molecule has 0 bridgehead atoms. The highest BCUT2D eigenvalue weighted by atomic mass is 127. The highest BCUT2D eigenvalue weighted by molar-refractivity contribution is 14.0. The van der Waals surface area contributed by atoms with E-state index in [0.717, 1.165) is 44.2 Å². The Hall–Kier alpha value is -0.830. The van der Waals surface area contributed by atoms with Crippen molar-refractivity contribution in [2.45, 2.75) is 70.9 Å². The first-order chi connectivity index (χ1) is 12.3. The second kappa shape index (κ2) is 14.3. The van der Waals surface area contributed by atoms with Gasteiger partial charge < -0.3 is 15.4 Å². The monoisotopic (exact) mass is 477 g/mol. The van der Waals surface area contributed by atoms with Crippen LogP contribution in [0.2, 0.25) is 0 Å². The number of aryl methyl sites for hydroxylation is 1. The summed E-state index contributed by atoms with van der Waals surface area (Å²) in [5.74, 6) is 0.877. The highest BCUT2D eigenvalue weighted by Gasteiger charge is 2.12. The van der Waals surface area contributed by atoms with Crippen LogP contribution in [0.1, 0.15) is 64.0 Å². The van der Waals surface area contributed by atoms with Gasteiger partial charge in [-0.1, -0.05) is 19.3 Å². The Balaban J connectivity index is 0.00000338. The number of aliphatic imine (C=N–C) groups is 1. The van der Waals surface area contributed by atoms with E-state index in [9.17, 15) is 0 Å². The fraction of sp³-hybridized carbons (Fsp3) is 0.789. The van der Waals surface area contributed by atoms with Crippen molar-refractivity contribution in [2.75, 3.05) is 19.7 Å². The van der Waals surface area contributed by atoms with E-state index in [0.29, 0.717) is 12.6 Å². The van der Waals surface area contributed by atoms with Crippen molar-refractivity contribution >= 4 is 29.9 Å². The van der Waals surface area contributed by atoms with Crippen LogP contribution in [0.15, 0.2) is 17.3 Å². The third-order valence-electron chi connectivity index (χ3n) is 4.69. The summed E-state index contributed by atoms with van der Waals surface area (Å²) in [5, 5.41) is 10.9. The predicted octanol–water partition coefficient (Wildman–Crippen LogP) is 3.61. The van der Waals surface area contributed by atoms with Crippen molar-refractivity contribution in [1.82, 2.24) is 20.4 Å². The van der Waals surface area contributed by atoms with E-state index in [1.54, 1.807) is 6.20 Å². The number of guanidine groups is 1. The number of ether oxygens (including phenoxy) is 1. The largest absolute Gasteiger partial charge is 0.378 e. The molecule has 2 rings (SSSR count). The van der Waals surface area contributed by atoms with Crippen LogP contribution in [0.3, 0.4) is 0 Å². The summed E-state index contributed by atoms with van der Waals surface area (Å²) in [6.45, 7) is 5.46. The molecular weight excluding hydrogens is 441 g/mol. The molecular formula is C19H36IN5O. The molecule has 1 aromatic heterocycles. The molecule has 1 aliphatic carbocycles. The molecule has 150 valence electrons. The SMILES string of the molecule is CCNC(=NCc1ccnn1C)NCCCCCOC1CCCCC1.I. The Morgan fingerprint density at radius 3 is 2.73 bits per heavy atom. The molecule has 1 fully saturated rings. The second-order valence-corrected chi connectivity index (χ2v) is 6.76. The molecule has 0 saturated heterocycles. The van der Waals surface area contributed by atoms with Gasteiger partial charge in [0.1, 0.15) is 0 Å². The zero-order valence-corrected chi connectivity index (χ0v) is 18.7. The first-order valence-corrected chi connectivity index (χ1v) is 9.90. The third-order valence-corrected chi connectivity index (χ3v) is 4.69. The molecule has 0 unspecified atom stereocenters. The lowest BCUT2D eigenvalue weighted by Crippen LogP contribution is -2.37. The van der Waals surface area contributed by atoms with Gasteiger partial charge in [-0.15, -0.1) is 24.0 Å². The molecule has 0 aromatic carbocycles. The first kappa shape index (κ1) is 23.2. The number of nitrogens with zero attached hydrogens (tertiary/aromatic N) is 3. The van der Waals surface area contributed by atoms with Gasteiger partial charge >= 0.3 is 0 Å². The van der Waals surface area contributed by atoms with Gasteiger partial charge in [0, 0.05) is 32.9 Å². The Kier molecular flexibility index (Phi) is 12.7. The molecule has 1 aromatic rings. The Bertz CT molecular complexity index is 500. The van der Waals surface area contributed by atoms with E-state index in [-0.39, 0.29) is 24.0 Å². The van der Waals surface area contributed by atoms with Crippen LogP contribution in [0, 0.1) is 0 Å². The number of hydrogen-bond acceptors (Lipinski definition) is 3. The molecule has 6 nitrogen and oxygen atoms in total. The fourth-order valence-corrected chi connectivity index (χ4v) is 3.15. The molecule has 1 saturated carbocycles. The molecule has 2 N–H and O–H groups in total. The van der Waals surface area contributed by atoms with Crippen molar-refractivity contribution in [3.05, 3.63) is 18.0 Å². The van der Waals surface area contributed by atoms with E-state index in [4.69, 9.17) is 4.74 Å². The van der Waals surface area contributed by atoms with E-state index in [1.165, 1.54) is 38.5 Å². The van der Waals surface area contributed by atoms with Gasteiger partial charge in [-0.2, -0.15) is 5.10 Å². The molecule has 0 spiro atoms. The normalized spacial score (nSPS) is 15.5. The first-order valence-electron chi connectivity index (χ1n) is 9.90. The van der Waals surface area contributed by atoms with Gasteiger partial charge in [0.2, 0.25) is 0 Å². The fourth-order valence-electron chi connectivity index (χ4n) is 3.15. The van der Waals surface area contributed by atoms with E-state index in [1.807, 2.05) is 17.8 Å². The van der Waals surface area contributed by atoms with Gasteiger partial charge in [-0.3, -0.25) is 4.68 Å². The lowest BCUT2D eigenvalue weighted by Gasteiger charge is -2.21. The summed E-state index contributed by atoms with van der Waals surface area (Å²) >= 11 is 0. The van der Waals surface area contributed by atoms with Crippen LogP contribution in [-0.4, -0.2) is 41.5 Å². The van der Waals surface area contributed by atoms with Crippen molar-refractivity contribution in [1.29, 1.82) is 0 Å². The topological polar surface area (TPSA) is 63.5 Å². The molecule has 0 amide bonds. The van der Waals surface area contributed by atoms with Crippen LogP contribution in [0.5, 0.6) is 0 Å². The van der Waals surface area contributed by atoms with Crippen molar-refractivity contribution < 1.29 is 4.74 Å². The summed E-state index contributed by atoms with van der Waals surface area (Å²) in [5.41, 5.74) is 1.11. The Labute approximate surface area is 175 Å². The summed E-state index contributed by atoms with van der Waals surface area (Å²) in [6, 6.07) is 2.00. The molecule has 26 heavy (non-hydrogen) atoms. The van der Waals surface area contributed by atoms with Crippen LogP contribution >= 0.6 is 24.0 Å². The minimum Gasteiger partial charge on any atom is -0.378 e. The maximum absolute atomic E-state index is 5.98. The molecule has 0 atom stereocenters. The standard InChI is InChI=1S/C19H35N5O.HI/c1-3-20-19(22-16-17-12-14-23-24(17)2)21-13-8-5-9-15-25-18-10-6-4-7-11-18;/h12,14,18H,3-11,13,15-16H2,1-2H3,(H2,20,21,22);1H. The summed E-state index contributed by atoms with van der Waals surface area (Å²) in [4.78, 5) is 4.62. The van der Waals surface area contributed by atoms with Crippen molar-refractivity contribution in [3.63, 3.8) is 0 Å².